The van der Waals surface area contributed by atoms with Crippen LogP contribution in [-0.4, -0.2) is 18.3 Å². The van der Waals surface area contributed by atoms with E-state index in [2.05, 4.69) is 4.74 Å². The Morgan fingerprint density at radius 3 is 2.29 bits per heavy atom. The Balaban J connectivity index is 3.34. The van der Waals surface area contributed by atoms with Gasteiger partial charge in [-0.25, -0.2) is 0 Å². The fraction of sp³-hybridized carbons (Fsp3) is 1.00. The van der Waals surface area contributed by atoms with Crippen molar-refractivity contribution in [2.75, 3.05) is 7.11 Å². The average Bonchev–Trinajstić information content (AvgIpc) is 1.65. The van der Waals surface area contributed by atoms with Crippen molar-refractivity contribution in [2.45, 2.75) is 13.2 Å². The van der Waals surface area contributed by atoms with Gasteiger partial charge in [-0.1, -0.05) is 0 Å². The van der Waals surface area contributed by atoms with Crippen molar-refractivity contribution in [2.24, 2.45) is 0 Å². The molecule has 0 aliphatic rings. The monoisotopic (exact) mass is 105 g/mol. The standard InChI is InChI=1S/C3H7NO3/c1-3(7-2)4(5)6/h3H,1-2H3. The highest BCUT2D eigenvalue weighted by molar-refractivity contribution is 4.20. The van der Waals surface area contributed by atoms with Crippen LogP contribution in [0, 0.1) is 10.1 Å². The van der Waals surface area contributed by atoms with Crippen molar-refractivity contribution in [3.05, 3.63) is 10.1 Å². The van der Waals surface area contributed by atoms with Gasteiger partial charge in [0.1, 0.15) is 0 Å². The van der Waals surface area contributed by atoms with Crippen molar-refractivity contribution in [3.63, 3.8) is 0 Å². The van der Waals surface area contributed by atoms with Gasteiger partial charge in [-0.3, -0.25) is 10.1 Å². The summed E-state index contributed by atoms with van der Waals surface area (Å²) in [7, 11) is 1.30. The first kappa shape index (κ1) is 6.36. The van der Waals surface area contributed by atoms with Crippen LogP contribution in [0.5, 0.6) is 0 Å². The molecule has 0 aromatic heterocycles. The summed E-state index contributed by atoms with van der Waals surface area (Å²) in [6, 6.07) is 0. The predicted molar refractivity (Wildman–Crippen MR) is 23.5 cm³/mol. The zero-order chi connectivity index (χ0) is 5.86. The Hall–Kier alpha value is -0.640. The van der Waals surface area contributed by atoms with Gasteiger partial charge in [0.15, 0.2) is 0 Å². The Labute approximate surface area is 41.2 Å². The average molecular weight is 105 g/mol. The summed E-state index contributed by atoms with van der Waals surface area (Å²) in [5.41, 5.74) is 0. The van der Waals surface area contributed by atoms with E-state index in [0.717, 1.165) is 0 Å². The summed E-state index contributed by atoms with van der Waals surface area (Å²) in [6.07, 6.45) is -0.875. The molecule has 1 atom stereocenters. The quantitative estimate of drug-likeness (QED) is 0.287. The van der Waals surface area contributed by atoms with Gasteiger partial charge in [-0.15, -0.1) is 0 Å². The van der Waals surface area contributed by atoms with E-state index < -0.39 is 11.2 Å². The third kappa shape index (κ3) is 2.11. The largest absolute Gasteiger partial charge is 0.321 e. The van der Waals surface area contributed by atoms with Crippen LogP contribution in [0.2, 0.25) is 0 Å². The van der Waals surface area contributed by atoms with Gasteiger partial charge in [0.2, 0.25) is 0 Å². The lowest BCUT2D eigenvalue weighted by molar-refractivity contribution is -0.568. The molecule has 0 spiro atoms. The number of nitrogens with zero attached hydrogens (tertiary/aromatic N) is 1. The van der Waals surface area contributed by atoms with E-state index in [1.54, 1.807) is 0 Å². The maximum absolute atomic E-state index is 9.61. The molecule has 0 aliphatic carbocycles. The molecule has 0 aromatic carbocycles. The van der Waals surface area contributed by atoms with Crippen LogP contribution in [0.1, 0.15) is 6.92 Å². The zero-order valence-corrected chi connectivity index (χ0v) is 4.25. The lowest BCUT2D eigenvalue weighted by Gasteiger charge is -1.96. The van der Waals surface area contributed by atoms with E-state index in [1.807, 2.05) is 0 Å². The van der Waals surface area contributed by atoms with E-state index in [9.17, 15) is 10.1 Å². The lowest BCUT2D eigenvalue weighted by atomic mass is 10.7. The molecule has 0 aromatic rings. The van der Waals surface area contributed by atoms with E-state index in [1.165, 1.54) is 14.0 Å². The first-order chi connectivity index (χ1) is 3.18. The molecule has 0 aliphatic heterocycles. The molecule has 0 heterocycles. The van der Waals surface area contributed by atoms with Crippen molar-refractivity contribution in [1.82, 2.24) is 0 Å². The third-order valence-electron chi connectivity index (χ3n) is 0.638. The van der Waals surface area contributed by atoms with Crippen LogP contribution in [0.15, 0.2) is 0 Å². The van der Waals surface area contributed by atoms with Gasteiger partial charge >= 0.3 is 6.23 Å². The van der Waals surface area contributed by atoms with E-state index >= 15 is 0 Å². The van der Waals surface area contributed by atoms with Gasteiger partial charge in [0.25, 0.3) is 0 Å². The topological polar surface area (TPSA) is 52.4 Å². The second-order valence-corrected chi connectivity index (χ2v) is 1.12. The Bertz CT molecular complexity index is 72.6. The molecule has 0 bridgehead atoms. The molecular formula is C3H7NO3. The molecule has 0 rings (SSSR count). The molecule has 0 saturated heterocycles. The van der Waals surface area contributed by atoms with Crippen molar-refractivity contribution in [3.8, 4) is 0 Å². The second kappa shape index (κ2) is 2.52. The van der Waals surface area contributed by atoms with Crippen molar-refractivity contribution >= 4 is 0 Å². The summed E-state index contributed by atoms with van der Waals surface area (Å²) in [6.45, 7) is 1.38. The summed E-state index contributed by atoms with van der Waals surface area (Å²) < 4.78 is 4.31. The van der Waals surface area contributed by atoms with Gasteiger partial charge in [0, 0.05) is 14.0 Å². The summed E-state index contributed by atoms with van der Waals surface area (Å²) in [4.78, 5) is 9.11. The number of hydrogen-bond donors (Lipinski definition) is 0. The summed E-state index contributed by atoms with van der Waals surface area (Å²) in [5.74, 6) is 0. The van der Waals surface area contributed by atoms with Crippen molar-refractivity contribution < 1.29 is 9.66 Å². The van der Waals surface area contributed by atoms with Gasteiger partial charge in [0.05, 0.1) is 4.92 Å². The molecule has 0 fully saturated rings. The first-order valence-corrected chi connectivity index (χ1v) is 1.84. The maximum atomic E-state index is 9.61. The fourth-order valence-corrected chi connectivity index (χ4v) is 0.0861. The third-order valence-corrected chi connectivity index (χ3v) is 0.638. The molecule has 4 nitrogen and oxygen atoms in total. The molecule has 0 N–H and O–H groups in total. The number of hydrogen-bond acceptors (Lipinski definition) is 3. The summed E-state index contributed by atoms with van der Waals surface area (Å²) in [5, 5.41) is 9.61. The number of methoxy groups -OCH3 is 1. The Morgan fingerprint density at radius 2 is 2.29 bits per heavy atom. The Morgan fingerprint density at radius 1 is 1.86 bits per heavy atom. The molecular weight excluding hydrogens is 98.0 g/mol. The zero-order valence-electron chi connectivity index (χ0n) is 4.25. The van der Waals surface area contributed by atoms with Crippen LogP contribution < -0.4 is 0 Å². The Kier molecular flexibility index (Phi) is 2.29. The molecule has 0 saturated carbocycles. The van der Waals surface area contributed by atoms with Crippen LogP contribution in [0.3, 0.4) is 0 Å². The fourth-order valence-electron chi connectivity index (χ4n) is 0.0861. The van der Waals surface area contributed by atoms with Gasteiger partial charge in [-0.2, -0.15) is 0 Å². The molecule has 0 amide bonds. The molecule has 42 valence electrons. The minimum absolute atomic E-state index is 0.500. The molecule has 1 unspecified atom stereocenters. The van der Waals surface area contributed by atoms with Crippen molar-refractivity contribution in [1.29, 1.82) is 0 Å². The molecule has 0 radical (unpaired) electrons. The highest BCUT2D eigenvalue weighted by atomic mass is 16.7. The van der Waals surface area contributed by atoms with E-state index in [0.29, 0.717) is 0 Å². The summed E-state index contributed by atoms with van der Waals surface area (Å²) >= 11 is 0. The minimum Gasteiger partial charge on any atom is -0.321 e. The second-order valence-electron chi connectivity index (χ2n) is 1.12. The van der Waals surface area contributed by atoms with Crippen LogP contribution in [-0.2, 0) is 4.74 Å². The normalized spacial score (nSPS) is 13.4. The van der Waals surface area contributed by atoms with Crippen LogP contribution in [0.25, 0.3) is 0 Å². The minimum atomic E-state index is -0.875. The van der Waals surface area contributed by atoms with Gasteiger partial charge < -0.3 is 4.74 Å². The smallest absolute Gasteiger partial charge is 0.312 e. The highest BCUT2D eigenvalue weighted by Gasteiger charge is 2.07. The van der Waals surface area contributed by atoms with Gasteiger partial charge in [-0.05, 0) is 0 Å². The highest BCUT2D eigenvalue weighted by Crippen LogP contribution is 1.84. The lowest BCUT2D eigenvalue weighted by Crippen LogP contribution is -2.16. The predicted octanol–water partition coefficient (Wildman–Crippen LogP) is 0.255. The van der Waals surface area contributed by atoms with Crippen LogP contribution >= 0.6 is 0 Å². The SMILES string of the molecule is COC(C)[N+](=O)[O-]. The molecule has 7 heavy (non-hydrogen) atoms. The maximum Gasteiger partial charge on any atom is 0.312 e. The van der Waals surface area contributed by atoms with E-state index in [4.69, 9.17) is 0 Å². The number of rotatable bonds is 2. The molecule has 4 heteroatoms. The first-order valence-electron chi connectivity index (χ1n) is 1.84. The van der Waals surface area contributed by atoms with E-state index in [-0.39, 0.29) is 0 Å². The number of ether oxygens (including phenoxy) is 1. The number of nitro groups is 1. The van der Waals surface area contributed by atoms with Crippen LogP contribution in [0.4, 0.5) is 0 Å².